The molecule has 0 saturated heterocycles. The summed E-state index contributed by atoms with van der Waals surface area (Å²) in [5.74, 6) is 1.25. The Morgan fingerprint density at radius 3 is 1.98 bits per heavy atom. The molecular weight excluding hydrogens is 709 g/mol. The van der Waals surface area contributed by atoms with Crippen LogP contribution in [0.25, 0.3) is 16.8 Å². The predicted octanol–water partition coefficient (Wildman–Crippen LogP) is 7.66. The van der Waals surface area contributed by atoms with Crippen LogP contribution in [0.4, 0.5) is 0 Å². The molecule has 0 unspecified atom stereocenters. The van der Waals surface area contributed by atoms with E-state index >= 15 is 0 Å². The summed E-state index contributed by atoms with van der Waals surface area (Å²) < 4.78 is 1.52. The molecule has 0 spiro atoms. The number of carbonyl (C=O) groups excluding carboxylic acids is 1. The molecule has 0 fully saturated rings. The molecule has 0 bridgehead atoms. The fourth-order valence-electron chi connectivity index (χ4n) is 4.54. The molecule has 13 heteroatoms. The van der Waals surface area contributed by atoms with Gasteiger partial charge in [0.25, 0.3) is 11.5 Å². The maximum Gasteiger partial charge on any atom is 0.273 e. The number of alkyl halides is 2. The summed E-state index contributed by atoms with van der Waals surface area (Å²) in [7, 11) is 0. The third-order valence-electron chi connectivity index (χ3n) is 7.33. The van der Waals surface area contributed by atoms with Crippen molar-refractivity contribution in [3.8, 4) is 23.4 Å². The Bertz CT molecular complexity index is 1970. The van der Waals surface area contributed by atoms with Crippen LogP contribution in [-0.2, 0) is 22.2 Å². The van der Waals surface area contributed by atoms with E-state index in [9.17, 15) is 14.9 Å². The van der Waals surface area contributed by atoms with Crippen molar-refractivity contribution in [3.63, 3.8) is 0 Å². The topological polar surface area (TPSA) is 137 Å². The third-order valence-corrected chi connectivity index (χ3v) is 9.45. The van der Waals surface area contributed by atoms with Gasteiger partial charge in [0.05, 0.1) is 10.7 Å². The van der Waals surface area contributed by atoms with Crippen molar-refractivity contribution in [2.24, 2.45) is 0 Å². The van der Waals surface area contributed by atoms with E-state index in [1.165, 1.54) is 16.3 Å². The molecule has 50 heavy (non-hydrogen) atoms. The van der Waals surface area contributed by atoms with Gasteiger partial charge in [-0.3, -0.25) is 24.1 Å². The number of amides is 1. The number of nitriles is 2. The van der Waals surface area contributed by atoms with Crippen LogP contribution in [0.2, 0.25) is 0 Å². The van der Waals surface area contributed by atoms with Crippen LogP contribution in [-0.4, -0.2) is 47.9 Å². The van der Waals surface area contributed by atoms with Crippen LogP contribution >= 0.6 is 47.2 Å². The normalized spacial score (nSPS) is 14.2. The van der Waals surface area contributed by atoms with Gasteiger partial charge in [-0.2, -0.15) is 10.5 Å². The van der Waals surface area contributed by atoms with E-state index in [0.717, 1.165) is 33.9 Å². The first-order valence-electron chi connectivity index (χ1n) is 15.5. The molecule has 3 aromatic rings. The summed E-state index contributed by atoms with van der Waals surface area (Å²) in [5, 5.41) is 21.7. The van der Waals surface area contributed by atoms with Crippen molar-refractivity contribution in [3.05, 3.63) is 99.4 Å². The molecule has 0 saturated carbocycles. The Hall–Kier alpha value is -4.13. The van der Waals surface area contributed by atoms with Gasteiger partial charge in [-0.1, -0.05) is 84.7 Å². The molecule has 0 atom stereocenters. The number of thioether (sulfide) groups is 1. The minimum atomic E-state index is -0.432. The molecule has 0 radical (unpaired) electrons. The lowest BCUT2D eigenvalue weighted by atomic mass is 9.90. The molecule has 2 aliphatic heterocycles. The average molecular weight is 749 g/mol. The zero-order chi connectivity index (χ0) is 37.4. The first kappa shape index (κ1) is 40.3. The summed E-state index contributed by atoms with van der Waals surface area (Å²) in [4.78, 5) is 38.3. The highest BCUT2D eigenvalue weighted by atomic mass is 35.5. The lowest BCUT2D eigenvalue weighted by molar-refractivity contribution is -0.115. The number of carbonyl (C=O) groups is 1. The van der Waals surface area contributed by atoms with Crippen molar-refractivity contribution < 1.29 is 4.79 Å². The summed E-state index contributed by atoms with van der Waals surface area (Å²) in [6.45, 7) is 20.4. The van der Waals surface area contributed by atoms with Crippen LogP contribution < -0.4 is 10.9 Å². The van der Waals surface area contributed by atoms with Crippen molar-refractivity contribution in [1.82, 2.24) is 24.8 Å². The van der Waals surface area contributed by atoms with E-state index in [4.69, 9.17) is 40.7 Å². The molecule has 3 aromatic heterocycles. The van der Waals surface area contributed by atoms with Gasteiger partial charge in [0.2, 0.25) is 0 Å². The van der Waals surface area contributed by atoms with E-state index in [1.807, 2.05) is 36.4 Å². The van der Waals surface area contributed by atoms with E-state index in [0.29, 0.717) is 51.7 Å². The lowest BCUT2D eigenvalue weighted by Gasteiger charge is -2.20. The number of nitrogens with zero attached hydrogens (tertiary/aromatic N) is 6. The smallest absolute Gasteiger partial charge is 0.273 e. The molecule has 9 nitrogen and oxygen atoms in total. The van der Waals surface area contributed by atoms with Gasteiger partial charge < -0.3 is 5.32 Å². The maximum absolute atomic E-state index is 12.6. The standard InChI is InChI=1S/C18H18N4OS.C15H15N3OS.C4H6Cl2/c1-11-9-22-16(23)13(7-19)15(21-17(22)24-10-11)12-5-6-14(20-8-12)18(2,3)4;1-15(2,3)12-5-4-9(8-17-12)10-6-13(20)18-14(19)11(10)7-16;1-4(2-5)3-6/h5-6,8H,1,9-10H2,2-4H3;4-5,8H,6H2,1-3H3,(H,18,19,20);1-3H2. The van der Waals surface area contributed by atoms with Crippen molar-refractivity contribution in [1.29, 1.82) is 10.5 Å². The number of thiocarbonyl (C=S) groups is 1. The molecule has 260 valence electrons. The number of rotatable bonds is 4. The van der Waals surface area contributed by atoms with Crippen LogP contribution in [0.1, 0.15) is 70.5 Å². The van der Waals surface area contributed by atoms with E-state index in [2.05, 4.69) is 75.0 Å². The Morgan fingerprint density at radius 1 is 0.980 bits per heavy atom. The van der Waals surface area contributed by atoms with Crippen LogP contribution in [0.5, 0.6) is 0 Å². The number of hydrogen-bond donors (Lipinski definition) is 1. The molecule has 1 N–H and O–H groups in total. The van der Waals surface area contributed by atoms with Crippen molar-refractivity contribution >= 4 is 63.7 Å². The zero-order valence-corrected chi connectivity index (χ0v) is 32.1. The van der Waals surface area contributed by atoms with Gasteiger partial charge in [0.1, 0.15) is 23.3 Å². The van der Waals surface area contributed by atoms with Gasteiger partial charge in [-0.05, 0) is 40.5 Å². The zero-order valence-electron chi connectivity index (χ0n) is 29.0. The second-order valence-electron chi connectivity index (χ2n) is 13.6. The van der Waals surface area contributed by atoms with E-state index in [1.54, 1.807) is 12.4 Å². The highest BCUT2D eigenvalue weighted by Gasteiger charge is 2.25. The molecule has 5 heterocycles. The summed E-state index contributed by atoms with van der Waals surface area (Å²) in [6.07, 6.45) is 3.78. The quantitative estimate of drug-likeness (QED) is 0.123. The number of halogens is 2. The fraction of sp³-hybridized carbons (Fsp3) is 0.351. The highest BCUT2D eigenvalue weighted by molar-refractivity contribution is 7.99. The highest BCUT2D eigenvalue weighted by Crippen LogP contribution is 2.30. The first-order chi connectivity index (χ1) is 23.4. The van der Waals surface area contributed by atoms with E-state index in [-0.39, 0.29) is 27.5 Å². The van der Waals surface area contributed by atoms with Crippen LogP contribution in [0, 0.1) is 22.7 Å². The Balaban J connectivity index is 0.000000236. The summed E-state index contributed by atoms with van der Waals surface area (Å²) >= 11 is 17.1. The molecule has 2 aliphatic rings. The largest absolute Gasteiger partial charge is 0.315 e. The Morgan fingerprint density at radius 2 is 1.54 bits per heavy atom. The molecule has 0 aliphatic carbocycles. The average Bonchev–Trinajstić information content (AvgIpc) is 3.07. The van der Waals surface area contributed by atoms with Crippen molar-refractivity contribution in [2.75, 3.05) is 17.5 Å². The Labute approximate surface area is 313 Å². The first-order valence-corrected chi connectivity index (χ1v) is 18.0. The summed E-state index contributed by atoms with van der Waals surface area (Å²) in [5.41, 5.74) is 6.00. The summed E-state index contributed by atoms with van der Waals surface area (Å²) in [6, 6.07) is 11.6. The van der Waals surface area contributed by atoms with Crippen LogP contribution in [0.15, 0.2) is 76.5 Å². The van der Waals surface area contributed by atoms with Gasteiger partial charge >= 0.3 is 0 Å². The Kier molecular flexibility index (Phi) is 13.9. The lowest BCUT2D eigenvalue weighted by Crippen LogP contribution is -2.34. The number of fused-ring (bicyclic) bond motifs is 1. The second kappa shape index (κ2) is 17.2. The van der Waals surface area contributed by atoms with Gasteiger partial charge in [-0.25, -0.2) is 4.98 Å². The SMILES string of the molecule is C=C(CCl)CCl.C=C1CSc2nc(-c3ccc(C(C)(C)C)nc3)c(C#N)c(=O)n2C1.CC(C)(C)c1ccc(C2=C(C#N)C(=O)NC(=S)C2)cn1. The number of aromatic nitrogens is 4. The molecule has 5 rings (SSSR count). The maximum atomic E-state index is 12.6. The number of pyridine rings is 2. The monoisotopic (exact) mass is 747 g/mol. The minimum absolute atomic E-state index is 0.0375. The predicted molar refractivity (Wildman–Crippen MR) is 206 cm³/mol. The van der Waals surface area contributed by atoms with E-state index < -0.39 is 5.91 Å². The molecular formula is C37H39Cl2N7O2S2. The number of nitrogens with one attached hydrogen (secondary N) is 1. The van der Waals surface area contributed by atoms with Gasteiger partial charge in [-0.15, -0.1) is 23.2 Å². The minimum Gasteiger partial charge on any atom is -0.315 e. The van der Waals surface area contributed by atoms with Gasteiger partial charge in [0, 0.05) is 70.7 Å². The number of hydrogen-bond acceptors (Lipinski definition) is 9. The van der Waals surface area contributed by atoms with Gasteiger partial charge in [0.15, 0.2) is 5.16 Å². The molecule has 0 aromatic carbocycles. The fourth-order valence-corrected chi connectivity index (χ4v) is 5.95. The molecule has 1 amide bonds. The third kappa shape index (κ3) is 10.2. The number of allylic oxidation sites excluding steroid dienone is 1. The van der Waals surface area contributed by atoms with Crippen molar-refractivity contribution in [2.45, 2.75) is 70.5 Å². The second-order valence-corrected chi connectivity index (χ2v) is 15.5. The van der Waals surface area contributed by atoms with Crippen LogP contribution in [0.3, 0.4) is 0 Å².